The molecule has 19 heavy (non-hydrogen) atoms. The molecule has 1 aromatic carbocycles. The van der Waals surface area contributed by atoms with E-state index in [2.05, 4.69) is 16.7 Å². The second-order valence-corrected chi connectivity index (χ2v) is 4.13. The summed E-state index contributed by atoms with van der Waals surface area (Å²) in [5.41, 5.74) is 6.21. The lowest BCUT2D eigenvalue weighted by atomic mass is 10.1. The van der Waals surface area contributed by atoms with Crippen molar-refractivity contribution in [3.63, 3.8) is 0 Å². The summed E-state index contributed by atoms with van der Waals surface area (Å²) < 4.78 is 31.0. The Morgan fingerprint density at radius 3 is 2.63 bits per heavy atom. The molecular formula is C13H13F2N3O. The molecule has 0 bridgehead atoms. The molecule has 1 atom stereocenters. The predicted molar refractivity (Wildman–Crippen MR) is 65.2 cm³/mol. The zero-order valence-electron chi connectivity index (χ0n) is 10.1. The molecule has 1 unspecified atom stereocenters. The maximum Gasteiger partial charge on any atom is 0.243 e. The van der Waals surface area contributed by atoms with Crippen LogP contribution in [0, 0.1) is 11.6 Å². The van der Waals surface area contributed by atoms with E-state index in [-0.39, 0.29) is 12.3 Å². The highest BCUT2D eigenvalue weighted by molar-refractivity contribution is 5.21. The fourth-order valence-electron chi connectivity index (χ4n) is 1.67. The van der Waals surface area contributed by atoms with Crippen LogP contribution < -0.4 is 5.73 Å². The predicted octanol–water partition coefficient (Wildman–Crippen LogP) is 2.51. The van der Waals surface area contributed by atoms with Gasteiger partial charge in [-0.25, -0.2) is 8.78 Å². The van der Waals surface area contributed by atoms with E-state index in [1.165, 1.54) is 12.1 Å². The largest absolute Gasteiger partial charge is 0.338 e. The Hall–Kier alpha value is -2.08. The Bertz CT molecular complexity index is 563. The molecule has 0 saturated carbocycles. The fraction of sp³-hybridized carbons (Fsp3) is 0.231. The Morgan fingerprint density at radius 2 is 2.00 bits per heavy atom. The Balaban J connectivity index is 2.13. The van der Waals surface area contributed by atoms with Gasteiger partial charge in [0.05, 0.1) is 6.04 Å². The number of nitrogens with zero attached hydrogens (tertiary/aromatic N) is 2. The minimum absolute atomic E-state index is 0.180. The summed E-state index contributed by atoms with van der Waals surface area (Å²) in [6.07, 6.45) is 2.34. The summed E-state index contributed by atoms with van der Waals surface area (Å²) in [4.78, 5) is 4.09. The van der Waals surface area contributed by atoms with Gasteiger partial charge in [0.15, 0.2) is 5.82 Å². The molecule has 2 rings (SSSR count). The summed E-state index contributed by atoms with van der Waals surface area (Å²) >= 11 is 0. The minimum Gasteiger partial charge on any atom is -0.338 e. The number of rotatable bonds is 5. The van der Waals surface area contributed by atoms with E-state index in [0.29, 0.717) is 17.8 Å². The van der Waals surface area contributed by atoms with E-state index in [1.807, 2.05) is 0 Å². The molecule has 6 heteroatoms. The number of hydrogen-bond donors (Lipinski definition) is 1. The monoisotopic (exact) mass is 265 g/mol. The van der Waals surface area contributed by atoms with Crippen molar-refractivity contribution in [2.45, 2.75) is 18.9 Å². The molecule has 0 amide bonds. The van der Waals surface area contributed by atoms with Crippen LogP contribution in [0.1, 0.15) is 29.7 Å². The maximum absolute atomic E-state index is 13.0. The maximum atomic E-state index is 13.0. The summed E-state index contributed by atoms with van der Waals surface area (Å²) in [5, 5.41) is 3.73. The highest BCUT2D eigenvalue weighted by atomic mass is 19.1. The lowest BCUT2D eigenvalue weighted by molar-refractivity contribution is 0.352. The number of aromatic nitrogens is 2. The second-order valence-electron chi connectivity index (χ2n) is 4.13. The van der Waals surface area contributed by atoms with Gasteiger partial charge in [-0.3, -0.25) is 0 Å². The van der Waals surface area contributed by atoms with Crippen LogP contribution in [0.3, 0.4) is 0 Å². The van der Waals surface area contributed by atoms with Gasteiger partial charge in [0, 0.05) is 12.5 Å². The van der Waals surface area contributed by atoms with Crippen LogP contribution in [0.5, 0.6) is 0 Å². The molecule has 0 aliphatic rings. The molecule has 0 aliphatic heterocycles. The van der Waals surface area contributed by atoms with Crippen LogP contribution in [0.2, 0.25) is 0 Å². The van der Waals surface area contributed by atoms with Crippen molar-refractivity contribution < 1.29 is 13.3 Å². The molecule has 1 heterocycles. The number of hydrogen-bond acceptors (Lipinski definition) is 4. The van der Waals surface area contributed by atoms with Crippen LogP contribution in [0.25, 0.3) is 0 Å². The van der Waals surface area contributed by atoms with Gasteiger partial charge < -0.3 is 10.3 Å². The molecule has 0 saturated heterocycles. The van der Waals surface area contributed by atoms with E-state index in [4.69, 9.17) is 10.3 Å². The van der Waals surface area contributed by atoms with Gasteiger partial charge in [-0.1, -0.05) is 11.2 Å². The fourth-order valence-corrected chi connectivity index (χ4v) is 1.67. The molecule has 2 N–H and O–H groups in total. The lowest BCUT2D eigenvalue weighted by Crippen LogP contribution is -2.09. The van der Waals surface area contributed by atoms with Crippen molar-refractivity contribution in [1.82, 2.24) is 10.1 Å². The molecular weight excluding hydrogens is 252 g/mol. The summed E-state index contributed by atoms with van der Waals surface area (Å²) in [7, 11) is 0. The van der Waals surface area contributed by atoms with Gasteiger partial charge in [-0.05, 0) is 24.1 Å². The third-order valence-corrected chi connectivity index (χ3v) is 2.51. The third-order valence-electron chi connectivity index (χ3n) is 2.51. The van der Waals surface area contributed by atoms with Crippen molar-refractivity contribution >= 4 is 0 Å². The standard InChI is InChI=1S/C13H13F2N3O/c1-2-3-11(16)13-17-12(18-19-13)6-8-4-9(14)7-10(15)5-8/h2,4-5,7,11H,1,3,6,16H2. The first-order valence-corrected chi connectivity index (χ1v) is 5.72. The molecule has 0 aliphatic carbocycles. The number of nitrogens with two attached hydrogens (primary N) is 1. The van der Waals surface area contributed by atoms with Crippen LogP contribution >= 0.6 is 0 Å². The van der Waals surface area contributed by atoms with Gasteiger partial charge in [0.2, 0.25) is 5.89 Å². The molecule has 1 aromatic heterocycles. The number of halogens is 2. The molecule has 100 valence electrons. The highest BCUT2D eigenvalue weighted by Gasteiger charge is 2.14. The van der Waals surface area contributed by atoms with Crippen molar-refractivity contribution in [2.24, 2.45) is 5.73 Å². The zero-order chi connectivity index (χ0) is 13.8. The third kappa shape index (κ3) is 3.45. The molecule has 2 aromatic rings. The summed E-state index contributed by atoms with van der Waals surface area (Å²) in [5.74, 6) is -0.657. The zero-order valence-corrected chi connectivity index (χ0v) is 10.1. The summed E-state index contributed by atoms with van der Waals surface area (Å²) in [6, 6.07) is 2.85. The van der Waals surface area contributed by atoms with Crippen molar-refractivity contribution in [1.29, 1.82) is 0 Å². The quantitative estimate of drug-likeness (QED) is 0.844. The highest BCUT2D eigenvalue weighted by Crippen LogP contribution is 2.15. The smallest absolute Gasteiger partial charge is 0.243 e. The molecule has 0 radical (unpaired) electrons. The number of benzene rings is 1. The van der Waals surface area contributed by atoms with Gasteiger partial charge in [-0.2, -0.15) is 4.98 Å². The molecule has 4 nitrogen and oxygen atoms in total. The normalized spacial score (nSPS) is 12.4. The van der Waals surface area contributed by atoms with Crippen molar-refractivity contribution in [2.75, 3.05) is 0 Å². The van der Waals surface area contributed by atoms with Crippen LogP contribution in [0.15, 0.2) is 35.4 Å². The minimum atomic E-state index is -0.637. The van der Waals surface area contributed by atoms with Gasteiger partial charge in [0.25, 0.3) is 0 Å². The van der Waals surface area contributed by atoms with Crippen molar-refractivity contribution in [3.05, 3.63) is 59.8 Å². The Kier molecular flexibility index (Phi) is 4.01. The van der Waals surface area contributed by atoms with E-state index in [1.54, 1.807) is 6.08 Å². The van der Waals surface area contributed by atoms with Gasteiger partial charge in [-0.15, -0.1) is 6.58 Å². The SMILES string of the molecule is C=CCC(N)c1nc(Cc2cc(F)cc(F)c2)no1. The topological polar surface area (TPSA) is 64.9 Å². The second kappa shape index (κ2) is 5.71. The van der Waals surface area contributed by atoms with E-state index in [9.17, 15) is 8.78 Å². The molecule has 0 fully saturated rings. The average molecular weight is 265 g/mol. The Labute approximate surface area is 108 Å². The van der Waals surface area contributed by atoms with E-state index < -0.39 is 17.7 Å². The summed E-state index contributed by atoms with van der Waals surface area (Å²) in [6.45, 7) is 3.57. The first-order chi connectivity index (χ1) is 9.08. The lowest BCUT2D eigenvalue weighted by Gasteiger charge is -2.00. The van der Waals surface area contributed by atoms with Crippen LogP contribution in [-0.2, 0) is 6.42 Å². The van der Waals surface area contributed by atoms with Gasteiger partial charge >= 0.3 is 0 Å². The average Bonchev–Trinajstić information content (AvgIpc) is 2.76. The first-order valence-electron chi connectivity index (χ1n) is 5.72. The van der Waals surface area contributed by atoms with Crippen LogP contribution in [0.4, 0.5) is 8.78 Å². The van der Waals surface area contributed by atoms with E-state index >= 15 is 0 Å². The van der Waals surface area contributed by atoms with E-state index in [0.717, 1.165) is 6.07 Å². The van der Waals surface area contributed by atoms with Crippen LogP contribution in [-0.4, -0.2) is 10.1 Å². The molecule has 0 spiro atoms. The van der Waals surface area contributed by atoms with Crippen molar-refractivity contribution in [3.8, 4) is 0 Å². The first kappa shape index (κ1) is 13.4. The Morgan fingerprint density at radius 1 is 1.32 bits per heavy atom. The van der Waals surface area contributed by atoms with Gasteiger partial charge in [0.1, 0.15) is 11.6 Å².